The Morgan fingerprint density at radius 3 is 2.90 bits per heavy atom. The summed E-state index contributed by atoms with van der Waals surface area (Å²) in [5.41, 5.74) is 0.894. The van der Waals surface area contributed by atoms with E-state index in [0.29, 0.717) is 59.0 Å². The second-order valence-corrected chi connectivity index (χ2v) is 7.69. The van der Waals surface area contributed by atoms with Crippen LogP contribution < -0.4 is 14.8 Å². The van der Waals surface area contributed by atoms with Crippen LogP contribution in [-0.2, 0) is 9.53 Å². The monoisotopic (exact) mass is 490 g/mol. The normalized spacial score (nSPS) is 14.0. The highest BCUT2D eigenvalue weighted by molar-refractivity contribution is 9.10. The van der Waals surface area contributed by atoms with Gasteiger partial charge in [-0.2, -0.15) is 0 Å². The summed E-state index contributed by atoms with van der Waals surface area (Å²) >= 11 is 3.25. The maximum atomic E-state index is 14.2. The molecule has 3 aromatic rings. The molecule has 1 aliphatic heterocycles. The fourth-order valence-electron chi connectivity index (χ4n) is 3.21. The summed E-state index contributed by atoms with van der Waals surface area (Å²) in [5.74, 6) is 0.953. The van der Waals surface area contributed by atoms with Gasteiger partial charge in [0.25, 0.3) is 0 Å². The minimum Gasteiger partial charge on any atom is -0.493 e. The molecule has 0 saturated carbocycles. The Morgan fingerprint density at radius 1 is 1.26 bits per heavy atom. The molecule has 1 aromatic heterocycles. The number of fused-ring (bicyclic) bond motifs is 1. The number of ether oxygens (including phenoxy) is 3. The molecule has 0 unspecified atom stereocenters. The topological polar surface area (TPSA) is 85.8 Å². The van der Waals surface area contributed by atoms with Gasteiger partial charge in [0.15, 0.2) is 11.5 Å². The van der Waals surface area contributed by atoms with E-state index in [2.05, 4.69) is 31.2 Å². The smallest absolute Gasteiger partial charge is 0.248 e. The summed E-state index contributed by atoms with van der Waals surface area (Å²) in [6.07, 6.45) is 1.39. The van der Waals surface area contributed by atoms with Crippen LogP contribution >= 0.6 is 15.9 Å². The minimum atomic E-state index is -0.411. The summed E-state index contributed by atoms with van der Waals surface area (Å²) in [6, 6.07) is 8.21. The molecule has 0 atom stereocenters. The van der Waals surface area contributed by atoms with Crippen LogP contribution in [0.25, 0.3) is 10.9 Å². The molecular formula is C21H20BrFN4O4. The molecule has 1 fully saturated rings. The van der Waals surface area contributed by atoms with Crippen molar-refractivity contribution in [2.75, 3.05) is 45.3 Å². The van der Waals surface area contributed by atoms with E-state index in [9.17, 15) is 9.18 Å². The van der Waals surface area contributed by atoms with Crippen molar-refractivity contribution in [2.45, 2.75) is 0 Å². The number of hydrogen-bond acceptors (Lipinski definition) is 7. The van der Waals surface area contributed by atoms with Crippen molar-refractivity contribution in [3.63, 3.8) is 0 Å². The van der Waals surface area contributed by atoms with Crippen LogP contribution in [0.1, 0.15) is 0 Å². The Balaban J connectivity index is 1.55. The zero-order valence-electron chi connectivity index (χ0n) is 16.7. The zero-order chi connectivity index (χ0) is 21.8. The lowest BCUT2D eigenvalue weighted by Crippen LogP contribution is -2.43. The summed E-state index contributed by atoms with van der Waals surface area (Å²) in [7, 11) is 1.53. The predicted molar refractivity (Wildman–Crippen MR) is 116 cm³/mol. The standard InChI is InChI=1S/C21H20BrFN4O4/c1-29-18-9-14-17(10-19(18)31-7-5-27-4-6-30-11-20(27)28)24-12-25-21(14)26-16-3-2-13(22)8-15(16)23/h2-3,8-10,12H,4-7,11H2,1H3,(H,24,25,26). The first-order valence-electron chi connectivity index (χ1n) is 9.58. The second-order valence-electron chi connectivity index (χ2n) is 6.77. The van der Waals surface area contributed by atoms with E-state index in [1.165, 1.54) is 19.5 Å². The summed E-state index contributed by atoms with van der Waals surface area (Å²) in [6.45, 7) is 1.92. The number of anilines is 2. The van der Waals surface area contributed by atoms with Crippen LogP contribution in [-0.4, -0.2) is 60.8 Å². The first-order chi connectivity index (χ1) is 15.0. The van der Waals surface area contributed by atoms with E-state index in [1.54, 1.807) is 29.2 Å². The van der Waals surface area contributed by atoms with E-state index in [4.69, 9.17) is 14.2 Å². The molecule has 1 saturated heterocycles. The Bertz CT molecular complexity index is 1110. The number of carbonyl (C=O) groups excluding carboxylic acids is 1. The molecule has 0 radical (unpaired) electrons. The molecule has 0 aliphatic carbocycles. The zero-order valence-corrected chi connectivity index (χ0v) is 18.3. The van der Waals surface area contributed by atoms with E-state index < -0.39 is 5.82 Å². The fourth-order valence-corrected chi connectivity index (χ4v) is 3.54. The van der Waals surface area contributed by atoms with E-state index in [1.807, 2.05) is 0 Å². The molecule has 31 heavy (non-hydrogen) atoms. The highest BCUT2D eigenvalue weighted by Crippen LogP contribution is 2.35. The number of benzene rings is 2. The van der Waals surface area contributed by atoms with Crippen LogP contribution in [0, 0.1) is 5.82 Å². The summed E-state index contributed by atoms with van der Waals surface area (Å²) < 4.78 is 31.4. The lowest BCUT2D eigenvalue weighted by Gasteiger charge is -2.26. The maximum absolute atomic E-state index is 14.2. The highest BCUT2D eigenvalue weighted by Gasteiger charge is 2.19. The Labute approximate surface area is 186 Å². The Morgan fingerprint density at radius 2 is 2.13 bits per heavy atom. The number of rotatable bonds is 7. The number of morpholine rings is 1. The second kappa shape index (κ2) is 9.44. The van der Waals surface area contributed by atoms with Gasteiger partial charge in [0.05, 0.1) is 31.5 Å². The molecule has 2 aromatic carbocycles. The van der Waals surface area contributed by atoms with Crippen molar-refractivity contribution in [2.24, 2.45) is 0 Å². The minimum absolute atomic E-state index is 0.0519. The van der Waals surface area contributed by atoms with E-state index in [-0.39, 0.29) is 18.2 Å². The Kier molecular flexibility index (Phi) is 6.47. The van der Waals surface area contributed by atoms with Crippen LogP contribution in [0.2, 0.25) is 0 Å². The summed E-state index contributed by atoms with van der Waals surface area (Å²) in [4.78, 5) is 22.1. The average Bonchev–Trinajstić information content (AvgIpc) is 2.76. The van der Waals surface area contributed by atoms with Crippen LogP contribution in [0.4, 0.5) is 15.9 Å². The largest absolute Gasteiger partial charge is 0.493 e. The molecule has 8 nitrogen and oxygen atoms in total. The summed E-state index contributed by atoms with van der Waals surface area (Å²) in [5, 5.41) is 3.66. The third kappa shape index (κ3) is 4.86. The quantitative estimate of drug-likeness (QED) is 0.542. The van der Waals surface area contributed by atoms with Gasteiger partial charge in [-0.1, -0.05) is 15.9 Å². The first-order valence-corrected chi connectivity index (χ1v) is 10.4. The van der Waals surface area contributed by atoms with Gasteiger partial charge >= 0.3 is 0 Å². The van der Waals surface area contributed by atoms with Crippen LogP contribution in [0.15, 0.2) is 41.1 Å². The molecule has 2 heterocycles. The van der Waals surface area contributed by atoms with Crippen molar-refractivity contribution in [1.29, 1.82) is 0 Å². The van der Waals surface area contributed by atoms with Gasteiger partial charge in [-0.05, 0) is 24.3 Å². The third-order valence-electron chi connectivity index (χ3n) is 4.81. The first kappa shape index (κ1) is 21.3. The highest BCUT2D eigenvalue weighted by atomic mass is 79.9. The van der Waals surface area contributed by atoms with Crippen molar-refractivity contribution >= 4 is 44.2 Å². The van der Waals surface area contributed by atoms with Gasteiger partial charge in [-0.25, -0.2) is 14.4 Å². The maximum Gasteiger partial charge on any atom is 0.248 e. The van der Waals surface area contributed by atoms with Gasteiger partial charge in [0.1, 0.15) is 31.2 Å². The number of hydrogen-bond donors (Lipinski definition) is 1. The fraction of sp³-hybridized carbons (Fsp3) is 0.286. The van der Waals surface area contributed by atoms with E-state index in [0.717, 1.165) is 0 Å². The van der Waals surface area contributed by atoms with Gasteiger partial charge < -0.3 is 24.4 Å². The predicted octanol–water partition coefficient (Wildman–Crippen LogP) is 3.52. The number of nitrogens with one attached hydrogen (secondary N) is 1. The number of carbonyl (C=O) groups is 1. The van der Waals surface area contributed by atoms with Crippen LogP contribution in [0.3, 0.4) is 0 Å². The third-order valence-corrected chi connectivity index (χ3v) is 5.30. The molecular weight excluding hydrogens is 471 g/mol. The molecule has 1 N–H and O–H groups in total. The van der Waals surface area contributed by atoms with Crippen molar-refractivity contribution < 1.29 is 23.4 Å². The lowest BCUT2D eigenvalue weighted by atomic mass is 10.2. The van der Waals surface area contributed by atoms with Crippen molar-refractivity contribution in [3.05, 3.63) is 46.9 Å². The average molecular weight is 491 g/mol. The number of aromatic nitrogens is 2. The van der Waals surface area contributed by atoms with E-state index >= 15 is 0 Å². The van der Waals surface area contributed by atoms with Gasteiger partial charge in [0.2, 0.25) is 5.91 Å². The molecule has 4 rings (SSSR count). The number of amides is 1. The van der Waals surface area contributed by atoms with Crippen LogP contribution in [0.5, 0.6) is 11.5 Å². The number of methoxy groups -OCH3 is 1. The lowest BCUT2D eigenvalue weighted by molar-refractivity contribution is -0.143. The number of nitrogens with zero attached hydrogens (tertiary/aromatic N) is 3. The van der Waals surface area contributed by atoms with Gasteiger partial charge in [-0.3, -0.25) is 4.79 Å². The van der Waals surface area contributed by atoms with Crippen molar-refractivity contribution in [1.82, 2.24) is 14.9 Å². The van der Waals surface area contributed by atoms with Gasteiger partial charge in [0, 0.05) is 22.5 Å². The van der Waals surface area contributed by atoms with Gasteiger partial charge in [-0.15, -0.1) is 0 Å². The van der Waals surface area contributed by atoms with Crippen molar-refractivity contribution in [3.8, 4) is 11.5 Å². The molecule has 10 heteroatoms. The Hall–Kier alpha value is -2.98. The molecule has 0 bridgehead atoms. The molecule has 1 amide bonds. The molecule has 1 aliphatic rings. The SMILES string of the molecule is COc1cc2c(Nc3ccc(Br)cc3F)ncnc2cc1OCCN1CCOCC1=O. The number of halogens is 2. The molecule has 162 valence electrons. The molecule has 0 spiro atoms.